The zero-order valence-corrected chi connectivity index (χ0v) is 16.5. The van der Waals surface area contributed by atoms with E-state index in [0.29, 0.717) is 22.8 Å². The predicted octanol–water partition coefficient (Wildman–Crippen LogP) is 3.53. The molecule has 1 aromatic heterocycles. The Balaban J connectivity index is 2.10. The molecule has 0 fully saturated rings. The van der Waals surface area contributed by atoms with Gasteiger partial charge in [0, 0.05) is 12.1 Å². The Morgan fingerprint density at radius 1 is 1.21 bits per heavy atom. The van der Waals surface area contributed by atoms with Gasteiger partial charge in [-0.3, -0.25) is 10.1 Å². The minimum absolute atomic E-state index is 0.109. The number of imide groups is 1. The number of carbonyl (C=O) groups excluding carboxylic acids is 3. The summed E-state index contributed by atoms with van der Waals surface area (Å²) in [5, 5.41) is 4.74. The maximum Gasteiger partial charge on any atom is 0.416 e. The smallest absolute Gasteiger partial charge is 0.416 e. The van der Waals surface area contributed by atoms with Crippen LogP contribution in [0.5, 0.6) is 0 Å². The SMILES string of the molecule is CCNC(=O)NC(=O)C(C)OC(=O)c1sc(-c2ccc(C(F)(F)F)cc2)nc1C. The van der Waals surface area contributed by atoms with Crippen LogP contribution in [0.3, 0.4) is 0 Å². The number of aromatic nitrogens is 1. The molecule has 0 saturated carbocycles. The summed E-state index contributed by atoms with van der Waals surface area (Å²) in [6.07, 6.45) is -5.68. The average Bonchev–Trinajstić information content (AvgIpc) is 3.03. The van der Waals surface area contributed by atoms with Crippen LogP contribution in [0, 0.1) is 6.92 Å². The van der Waals surface area contributed by atoms with E-state index in [-0.39, 0.29) is 4.88 Å². The van der Waals surface area contributed by atoms with Crippen LogP contribution < -0.4 is 10.6 Å². The lowest BCUT2D eigenvalue weighted by Crippen LogP contribution is -2.44. The van der Waals surface area contributed by atoms with Crippen LogP contribution in [-0.2, 0) is 15.7 Å². The minimum atomic E-state index is -4.45. The van der Waals surface area contributed by atoms with E-state index in [4.69, 9.17) is 4.74 Å². The molecule has 0 aliphatic heterocycles. The molecule has 3 amide bonds. The van der Waals surface area contributed by atoms with Crippen molar-refractivity contribution in [3.8, 4) is 10.6 Å². The molecular formula is C18H18F3N3O4S. The number of thiazole rings is 1. The zero-order chi connectivity index (χ0) is 21.8. The van der Waals surface area contributed by atoms with Crippen molar-refractivity contribution in [3.05, 3.63) is 40.4 Å². The van der Waals surface area contributed by atoms with Crippen molar-refractivity contribution < 1.29 is 32.3 Å². The highest BCUT2D eigenvalue weighted by molar-refractivity contribution is 7.17. The van der Waals surface area contributed by atoms with Gasteiger partial charge in [-0.25, -0.2) is 14.6 Å². The summed E-state index contributed by atoms with van der Waals surface area (Å²) in [4.78, 5) is 39.9. The molecule has 156 valence electrons. The summed E-state index contributed by atoms with van der Waals surface area (Å²) >= 11 is 0.932. The van der Waals surface area contributed by atoms with E-state index in [1.807, 2.05) is 5.32 Å². The summed E-state index contributed by atoms with van der Waals surface area (Å²) in [6, 6.07) is 3.67. The van der Waals surface area contributed by atoms with Crippen LogP contribution in [-0.4, -0.2) is 35.5 Å². The van der Waals surface area contributed by atoms with E-state index >= 15 is 0 Å². The van der Waals surface area contributed by atoms with E-state index in [1.165, 1.54) is 19.1 Å². The maximum atomic E-state index is 12.7. The Labute approximate surface area is 168 Å². The molecule has 0 bridgehead atoms. The first kappa shape index (κ1) is 22.3. The molecule has 7 nitrogen and oxygen atoms in total. The first-order chi connectivity index (χ1) is 13.5. The third-order valence-corrected chi connectivity index (χ3v) is 4.85. The second-order valence-corrected chi connectivity index (χ2v) is 6.90. The number of ether oxygens (including phenoxy) is 1. The molecule has 0 spiro atoms. The van der Waals surface area contributed by atoms with Gasteiger partial charge in [-0.2, -0.15) is 13.2 Å². The summed E-state index contributed by atoms with van der Waals surface area (Å²) in [5.41, 5.74) is -0.0699. The molecule has 1 atom stereocenters. The maximum absolute atomic E-state index is 12.7. The molecule has 1 aromatic carbocycles. The van der Waals surface area contributed by atoms with E-state index in [2.05, 4.69) is 10.3 Å². The number of hydrogen-bond acceptors (Lipinski definition) is 6. The van der Waals surface area contributed by atoms with Crippen LogP contribution in [0.2, 0.25) is 0 Å². The van der Waals surface area contributed by atoms with Gasteiger partial charge in [-0.05, 0) is 32.9 Å². The van der Waals surface area contributed by atoms with Crippen molar-refractivity contribution >= 4 is 29.2 Å². The number of halogens is 3. The lowest BCUT2D eigenvalue weighted by molar-refractivity contribution is -0.137. The number of nitrogens with one attached hydrogen (secondary N) is 2. The van der Waals surface area contributed by atoms with Gasteiger partial charge in [0.25, 0.3) is 5.91 Å². The van der Waals surface area contributed by atoms with Crippen molar-refractivity contribution in [3.63, 3.8) is 0 Å². The summed E-state index contributed by atoms with van der Waals surface area (Å²) in [7, 11) is 0. The number of urea groups is 1. The number of hydrogen-bond donors (Lipinski definition) is 2. The molecule has 0 aliphatic carbocycles. The van der Waals surface area contributed by atoms with Crippen LogP contribution in [0.4, 0.5) is 18.0 Å². The Hall–Kier alpha value is -2.95. The molecule has 29 heavy (non-hydrogen) atoms. The molecule has 11 heteroatoms. The van der Waals surface area contributed by atoms with E-state index in [1.54, 1.807) is 13.8 Å². The third-order valence-electron chi connectivity index (χ3n) is 3.67. The number of nitrogens with zero attached hydrogens (tertiary/aromatic N) is 1. The normalized spacial score (nSPS) is 12.2. The highest BCUT2D eigenvalue weighted by atomic mass is 32.1. The van der Waals surface area contributed by atoms with Gasteiger partial charge in [0.2, 0.25) is 0 Å². The highest BCUT2D eigenvalue weighted by Crippen LogP contribution is 2.33. The fourth-order valence-corrected chi connectivity index (χ4v) is 3.15. The lowest BCUT2D eigenvalue weighted by Gasteiger charge is -2.12. The molecule has 2 N–H and O–H groups in total. The molecule has 0 aliphatic rings. The fraction of sp³-hybridized carbons (Fsp3) is 0.333. The fourth-order valence-electron chi connectivity index (χ4n) is 2.20. The van der Waals surface area contributed by atoms with Crippen LogP contribution in [0.15, 0.2) is 24.3 Å². The predicted molar refractivity (Wildman–Crippen MR) is 99.4 cm³/mol. The zero-order valence-electron chi connectivity index (χ0n) is 15.7. The van der Waals surface area contributed by atoms with Gasteiger partial charge in [-0.15, -0.1) is 11.3 Å². The molecule has 2 rings (SSSR count). The van der Waals surface area contributed by atoms with Crippen LogP contribution >= 0.6 is 11.3 Å². The molecule has 1 unspecified atom stereocenters. The van der Waals surface area contributed by atoms with Crippen LogP contribution in [0.1, 0.15) is 34.8 Å². The second-order valence-electron chi connectivity index (χ2n) is 5.90. The second kappa shape index (κ2) is 9.03. The van der Waals surface area contributed by atoms with Gasteiger partial charge < -0.3 is 10.1 Å². The number of rotatable bonds is 5. The topological polar surface area (TPSA) is 97.4 Å². The number of alkyl halides is 3. The van der Waals surface area contributed by atoms with Gasteiger partial charge in [0.05, 0.1) is 11.3 Å². The van der Waals surface area contributed by atoms with Crippen molar-refractivity contribution in [1.82, 2.24) is 15.6 Å². The monoisotopic (exact) mass is 429 g/mol. The number of aryl methyl sites for hydroxylation is 1. The summed E-state index contributed by atoms with van der Waals surface area (Å²) in [6.45, 7) is 4.84. The van der Waals surface area contributed by atoms with Crippen molar-refractivity contribution in [2.75, 3.05) is 6.54 Å². The van der Waals surface area contributed by atoms with Crippen LogP contribution in [0.25, 0.3) is 10.6 Å². The first-order valence-corrected chi connectivity index (χ1v) is 9.29. The van der Waals surface area contributed by atoms with Gasteiger partial charge in [0.1, 0.15) is 9.88 Å². The summed E-state index contributed by atoms with van der Waals surface area (Å²) in [5.74, 6) is -1.62. The van der Waals surface area contributed by atoms with Crippen molar-refractivity contribution in [1.29, 1.82) is 0 Å². The standard InChI is InChI=1S/C18H18F3N3O4S/c1-4-22-17(27)24-14(25)10(3)28-16(26)13-9(2)23-15(29-13)11-5-7-12(8-6-11)18(19,20)21/h5-8,10H,4H2,1-3H3,(H2,22,24,25,27). The van der Waals surface area contributed by atoms with Gasteiger partial charge in [-0.1, -0.05) is 12.1 Å². The van der Waals surface area contributed by atoms with E-state index in [0.717, 1.165) is 23.5 Å². The quantitative estimate of drug-likeness (QED) is 0.709. The number of carbonyl (C=O) groups is 3. The third kappa shape index (κ3) is 5.76. The minimum Gasteiger partial charge on any atom is -0.448 e. The highest BCUT2D eigenvalue weighted by Gasteiger charge is 2.30. The summed E-state index contributed by atoms with van der Waals surface area (Å²) < 4.78 is 43.1. The van der Waals surface area contributed by atoms with Crippen molar-refractivity contribution in [2.45, 2.75) is 33.1 Å². The molecular weight excluding hydrogens is 411 g/mol. The van der Waals surface area contributed by atoms with E-state index < -0.39 is 35.8 Å². The molecule has 2 aromatic rings. The van der Waals surface area contributed by atoms with Gasteiger partial charge >= 0.3 is 18.2 Å². The van der Waals surface area contributed by atoms with E-state index in [9.17, 15) is 27.6 Å². The Kier molecular flexibility index (Phi) is 6.96. The number of amides is 3. The molecule has 0 saturated heterocycles. The largest absolute Gasteiger partial charge is 0.448 e. The number of esters is 1. The molecule has 1 heterocycles. The van der Waals surface area contributed by atoms with Gasteiger partial charge in [0.15, 0.2) is 6.10 Å². The Morgan fingerprint density at radius 3 is 2.38 bits per heavy atom. The first-order valence-electron chi connectivity index (χ1n) is 8.47. The lowest BCUT2D eigenvalue weighted by atomic mass is 10.1. The Bertz CT molecular complexity index is 910. The molecule has 0 radical (unpaired) electrons. The van der Waals surface area contributed by atoms with Crippen molar-refractivity contribution in [2.24, 2.45) is 0 Å². The Morgan fingerprint density at radius 2 is 1.83 bits per heavy atom. The average molecular weight is 429 g/mol. The number of benzene rings is 1.